The molecule has 2 N–H and O–H groups in total. The van der Waals surface area contributed by atoms with E-state index in [4.69, 9.17) is 27.9 Å². The van der Waals surface area contributed by atoms with Gasteiger partial charge in [0.05, 0.1) is 27.0 Å². The number of anilines is 2. The lowest BCUT2D eigenvalue weighted by Gasteiger charge is -2.38. The normalized spacial score (nSPS) is 14.9. The molecule has 0 aliphatic carbocycles. The third kappa shape index (κ3) is 3.76. The lowest BCUT2D eigenvalue weighted by Crippen LogP contribution is -2.54. The number of carbonyl (C=O) groups is 3. The molecular formula is C19H16Cl2N2O5. The van der Waals surface area contributed by atoms with E-state index in [1.165, 1.54) is 23.1 Å². The summed E-state index contributed by atoms with van der Waals surface area (Å²) < 4.78 is 5.68. The molecule has 1 aliphatic rings. The highest BCUT2D eigenvalue weighted by Crippen LogP contribution is 2.38. The molecule has 3 rings (SSSR count). The van der Waals surface area contributed by atoms with E-state index in [1.54, 1.807) is 32.0 Å². The van der Waals surface area contributed by atoms with Crippen molar-refractivity contribution in [1.29, 1.82) is 0 Å². The zero-order valence-electron chi connectivity index (χ0n) is 15.0. The van der Waals surface area contributed by atoms with Crippen LogP contribution in [0.15, 0.2) is 36.4 Å². The second-order valence-corrected chi connectivity index (χ2v) is 7.43. The van der Waals surface area contributed by atoms with E-state index in [1.807, 2.05) is 0 Å². The highest BCUT2D eigenvalue weighted by atomic mass is 35.5. The average Bonchev–Trinajstić information content (AvgIpc) is 2.62. The first-order valence-corrected chi connectivity index (χ1v) is 8.98. The number of halogens is 2. The number of nitrogens with zero attached hydrogens (tertiary/aromatic N) is 1. The molecule has 1 aliphatic heterocycles. The smallest absolute Gasteiger partial charge is 0.335 e. The lowest BCUT2D eigenvalue weighted by atomic mass is 10.0. The number of hydrogen-bond donors (Lipinski definition) is 2. The van der Waals surface area contributed by atoms with Gasteiger partial charge in [0.15, 0.2) is 5.60 Å². The Morgan fingerprint density at radius 2 is 1.93 bits per heavy atom. The van der Waals surface area contributed by atoms with Crippen LogP contribution in [0.4, 0.5) is 11.4 Å². The third-order valence-electron chi connectivity index (χ3n) is 4.15. The van der Waals surface area contributed by atoms with Crippen LogP contribution in [0.5, 0.6) is 5.75 Å². The van der Waals surface area contributed by atoms with E-state index in [2.05, 4.69) is 5.32 Å². The zero-order chi connectivity index (χ0) is 20.6. The molecule has 1 heterocycles. The lowest BCUT2D eigenvalue weighted by molar-refractivity contribution is -0.133. The molecule has 0 radical (unpaired) electrons. The summed E-state index contributed by atoms with van der Waals surface area (Å²) in [7, 11) is 0. The van der Waals surface area contributed by atoms with Gasteiger partial charge in [0.1, 0.15) is 12.3 Å². The quantitative estimate of drug-likeness (QED) is 0.779. The molecule has 9 heteroatoms. The highest BCUT2D eigenvalue weighted by molar-refractivity contribution is 6.44. The Morgan fingerprint density at radius 3 is 2.61 bits per heavy atom. The van der Waals surface area contributed by atoms with Crippen molar-refractivity contribution in [2.75, 3.05) is 16.8 Å². The van der Waals surface area contributed by atoms with Crippen molar-refractivity contribution in [3.05, 3.63) is 52.0 Å². The fourth-order valence-electron chi connectivity index (χ4n) is 2.79. The Bertz CT molecular complexity index is 990. The summed E-state index contributed by atoms with van der Waals surface area (Å²) in [6.45, 7) is 2.79. The summed E-state index contributed by atoms with van der Waals surface area (Å²) in [5.41, 5.74) is -0.737. The largest absolute Gasteiger partial charge is 0.478 e. The fraction of sp³-hybridized carbons (Fsp3) is 0.211. The minimum atomic E-state index is -1.22. The molecule has 7 nitrogen and oxygen atoms in total. The number of rotatable bonds is 4. The Kier molecular flexibility index (Phi) is 5.23. The van der Waals surface area contributed by atoms with Gasteiger partial charge < -0.3 is 15.2 Å². The van der Waals surface area contributed by atoms with Gasteiger partial charge in [-0.15, -0.1) is 0 Å². The van der Waals surface area contributed by atoms with Gasteiger partial charge in [-0.05, 0) is 44.2 Å². The van der Waals surface area contributed by atoms with Gasteiger partial charge >= 0.3 is 5.97 Å². The molecule has 0 bridgehead atoms. The molecule has 2 aromatic rings. The number of carboxylic acids is 1. The summed E-state index contributed by atoms with van der Waals surface area (Å²) in [5, 5.41) is 12.3. The van der Waals surface area contributed by atoms with Crippen LogP contribution in [-0.2, 0) is 9.59 Å². The van der Waals surface area contributed by atoms with Gasteiger partial charge in [-0.1, -0.05) is 29.3 Å². The number of ether oxygens (including phenoxy) is 1. The number of nitrogens with one attached hydrogen (secondary N) is 1. The molecular weight excluding hydrogens is 407 g/mol. The molecule has 2 aromatic carbocycles. The van der Waals surface area contributed by atoms with E-state index in [-0.39, 0.29) is 27.8 Å². The van der Waals surface area contributed by atoms with Crippen LogP contribution < -0.4 is 15.0 Å². The van der Waals surface area contributed by atoms with E-state index in [0.717, 1.165) is 0 Å². The van der Waals surface area contributed by atoms with Gasteiger partial charge in [-0.25, -0.2) is 4.79 Å². The average molecular weight is 423 g/mol. The predicted molar refractivity (Wildman–Crippen MR) is 106 cm³/mol. The van der Waals surface area contributed by atoms with E-state index in [9.17, 15) is 19.5 Å². The molecule has 146 valence electrons. The second-order valence-electron chi connectivity index (χ2n) is 6.64. The van der Waals surface area contributed by atoms with E-state index in [0.29, 0.717) is 11.4 Å². The summed E-state index contributed by atoms with van der Waals surface area (Å²) in [4.78, 5) is 37.9. The summed E-state index contributed by atoms with van der Waals surface area (Å²) in [6.07, 6.45) is 0. The number of amides is 2. The SMILES string of the molecule is CC1(C)Oc2ccc(C(=O)O)cc2N(CC(=O)Nc2cccc(Cl)c2Cl)C1=O. The molecule has 0 unspecified atom stereocenters. The van der Waals surface area contributed by atoms with Gasteiger partial charge in [0, 0.05) is 0 Å². The molecule has 0 saturated carbocycles. The molecule has 2 amide bonds. The third-order valence-corrected chi connectivity index (χ3v) is 4.97. The minimum absolute atomic E-state index is 0.0295. The van der Waals surface area contributed by atoms with Crippen LogP contribution in [0, 0.1) is 0 Å². The van der Waals surface area contributed by atoms with E-state index >= 15 is 0 Å². The van der Waals surface area contributed by atoms with Gasteiger partial charge in [0.2, 0.25) is 5.91 Å². The van der Waals surface area contributed by atoms with Crippen LogP contribution in [0.2, 0.25) is 10.0 Å². The number of carbonyl (C=O) groups excluding carboxylic acids is 2. The number of carboxylic acid groups (broad SMARTS) is 1. The van der Waals surface area contributed by atoms with Crippen LogP contribution in [0.25, 0.3) is 0 Å². The molecule has 0 atom stereocenters. The van der Waals surface area contributed by atoms with Crippen LogP contribution in [-0.4, -0.2) is 35.0 Å². The molecule has 0 aromatic heterocycles. The second kappa shape index (κ2) is 7.33. The van der Waals surface area contributed by atoms with Crippen molar-refractivity contribution in [3.63, 3.8) is 0 Å². The van der Waals surface area contributed by atoms with Crippen molar-refractivity contribution < 1.29 is 24.2 Å². The number of fused-ring (bicyclic) bond motifs is 1. The van der Waals surface area contributed by atoms with Crippen molar-refractivity contribution in [1.82, 2.24) is 0 Å². The first-order chi connectivity index (χ1) is 13.1. The maximum atomic E-state index is 12.8. The van der Waals surface area contributed by atoms with Gasteiger partial charge in [-0.3, -0.25) is 14.5 Å². The van der Waals surface area contributed by atoms with Gasteiger partial charge in [-0.2, -0.15) is 0 Å². The summed E-state index contributed by atoms with van der Waals surface area (Å²) >= 11 is 12.0. The van der Waals surface area contributed by atoms with E-state index < -0.39 is 23.4 Å². The van der Waals surface area contributed by atoms with Crippen LogP contribution in [0.3, 0.4) is 0 Å². The Labute approximate surface area is 170 Å². The Balaban J connectivity index is 1.92. The maximum Gasteiger partial charge on any atom is 0.335 e. The topological polar surface area (TPSA) is 95.9 Å². The first-order valence-electron chi connectivity index (χ1n) is 8.22. The molecule has 0 fully saturated rings. The monoisotopic (exact) mass is 422 g/mol. The van der Waals surface area contributed by atoms with Crippen molar-refractivity contribution in [2.45, 2.75) is 19.4 Å². The van der Waals surface area contributed by atoms with Crippen LogP contribution >= 0.6 is 23.2 Å². The van der Waals surface area contributed by atoms with Gasteiger partial charge in [0.25, 0.3) is 5.91 Å². The number of hydrogen-bond acceptors (Lipinski definition) is 4. The number of benzene rings is 2. The Morgan fingerprint density at radius 1 is 1.21 bits per heavy atom. The van der Waals surface area contributed by atoms with Crippen molar-refractivity contribution >= 4 is 52.4 Å². The van der Waals surface area contributed by atoms with Crippen LogP contribution in [0.1, 0.15) is 24.2 Å². The first kappa shape index (κ1) is 20.0. The molecule has 0 spiro atoms. The standard InChI is InChI=1S/C19H16Cl2N2O5/c1-19(2)18(27)23(13-8-10(17(25)26)6-7-14(13)28-19)9-15(24)22-12-5-3-4-11(20)16(12)21/h3-8H,9H2,1-2H3,(H,22,24)(H,25,26). The maximum absolute atomic E-state index is 12.8. The molecule has 28 heavy (non-hydrogen) atoms. The predicted octanol–water partition coefficient (Wildman–Crippen LogP) is 3.83. The summed E-state index contributed by atoms with van der Waals surface area (Å²) in [5.74, 6) is -1.85. The molecule has 0 saturated heterocycles. The highest BCUT2D eigenvalue weighted by Gasteiger charge is 2.41. The Hall–Kier alpha value is -2.77. The van der Waals surface area contributed by atoms with Crippen molar-refractivity contribution in [3.8, 4) is 5.75 Å². The zero-order valence-corrected chi connectivity index (χ0v) is 16.5. The van der Waals surface area contributed by atoms with Crippen molar-refractivity contribution in [2.24, 2.45) is 0 Å². The minimum Gasteiger partial charge on any atom is -0.478 e. The number of aromatic carboxylic acids is 1. The fourth-order valence-corrected chi connectivity index (χ4v) is 3.14. The summed E-state index contributed by atoms with van der Waals surface area (Å²) in [6, 6.07) is 8.92.